The van der Waals surface area contributed by atoms with Crippen molar-refractivity contribution in [3.8, 4) is 22.6 Å². The summed E-state index contributed by atoms with van der Waals surface area (Å²) < 4.78 is 12.5. The minimum atomic E-state index is -0.503. The first kappa shape index (κ1) is 25.1. The van der Waals surface area contributed by atoms with E-state index in [1.165, 1.54) is 16.7 Å². The van der Waals surface area contributed by atoms with Crippen molar-refractivity contribution in [2.24, 2.45) is 4.99 Å². The average molecular weight is 504 g/mol. The summed E-state index contributed by atoms with van der Waals surface area (Å²) >= 11 is 0. The number of ether oxygens (including phenoxy) is 2. The Hall–Kier alpha value is -4.60. The first-order valence-corrected chi connectivity index (χ1v) is 12.6. The summed E-state index contributed by atoms with van der Waals surface area (Å²) in [6.07, 6.45) is -0.503. The largest absolute Gasteiger partial charge is 0.489 e. The van der Waals surface area contributed by atoms with Crippen LogP contribution in [0.2, 0.25) is 0 Å². The Morgan fingerprint density at radius 2 is 1.76 bits per heavy atom. The summed E-state index contributed by atoms with van der Waals surface area (Å²) in [6, 6.07) is 29.7. The van der Waals surface area contributed by atoms with E-state index in [1.54, 1.807) is 6.07 Å². The summed E-state index contributed by atoms with van der Waals surface area (Å²) in [5.41, 5.74) is 6.94. The number of hydrogen-bond acceptors (Lipinski definition) is 5. The van der Waals surface area contributed by atoms with Crippen LogP contribution in [0.1, 0.15) is 22.3 Å². The van der Waals surface area contributed by atoms with Gasteiger partial charge in [0.1, 0.15) is 30.5 Å². The van der Waals surface area contributed by atoms with Crippen LogP contribution in [0, 0.1) is 13.5 Å². The zero-order chi connectivity index (χ0) is 26.3. The second kappa shape index (κ2) is 11.6. The van der Waals surface area contributed by atoms with E-state index >= 15 is 0 Å². The van der Waals surface area contributed by atoms with E-state index in [9.17, 15) is 5.11 Å². The summed E-state index contributed by atoms with van der Waals surface area (Å²) in [5, 5.41) is 13.0. The lowest BCUT2D eigenvalue weighted by atomic mass is 9.97. The molecule has 190 valence electrons. The molecule has 4 aromatic rings. The van der Waals surface area contributed by atoms with Crippen LogP contribution in [0.4, 0.5) is 5.69 Å². The molecule has 1 aliphatic heterocycles. The van der Waals surface area contributed by atoms with E-state index in [-0.39, 0.29) is 0 Å². The van der Waals surface area contributed by atoms with Crippen LogP contribution in [0.25, 0.3) is 16.0 Å². The Balaban J connectivity index is 1.38. The van der Waals surface area contributed by atoms with E-state index in [4.69, 9.17) is 16.0 Å². The first-order chi connectivity index (χ1) is 18.6. The topological polar surface area (TPSA) is 67.4 Å². The van der Waals surface area contributed by atoms with Gasteiger partial charge in [-0.1, -0.05) is 66.7 Å². The van der Waals surface area contributed by atoms with Crippen LogP contribution >= 0.6 is 0 Å². The fourth-order valence-corrected chi connectivity index (χ4v) is 4.43. The molecule has 0 saturated heterocycles. The lowest BCUT2D eigenvalue weighted by Gasteiger charge is -2.21. The highest BCUT2D eigenvalue weighted by molar-refractivity contribution is 6.01. The normalized spacial score (nSPS) is 14.7. The monoisotopic (exact) mass is 503 g/mol. The van der Waals surface area contributed by atoms with E-state index in [1.807, 2.05) is 54.6 Å². The molecule has 0 radical (unpaired) electrons. The van der Waals surface area contributed by atoms with Gasteiger partial charge in [0.15, 0.2) is 5.69 Å². The summed E-state index contributed by atoms with van der Waals surface area (Å²) in [6.45, 7) is 10.9. The van der Waals surface area contributed by atoms with Crippen molar-refractivity contribution in [1.29, 1.82) is 0 Å². The van der Waals surface area contributed by atoms with Crippen LogP contribution < -0.4 is 14.8 Å². The number of aliphatic hydroxyl groups is 1. The number of amidine groups is 1. The number of nitrogens with one attached hydrogen (secondary N) is 1. The number of β-amino-alcohol motifs (C(OH)–C–C–N with tert-alkyl or cyclic N) is 1. The van der Waals surface area contributed by atoms with Gasteiger partial charge in [-0.25, -0.2) is 4.85 Å². The maximum atomic E-state index is 9.84. The molecule has 38 heavy (non-hydrogen) atoms. The molecule has 0 aliphatic carbocycles. The lowest BCUT2D eigenvalue weighted by Crippen LogP contribution is -2.39. The number of aliphatic hydroxyl groups excluding tert-OH is 1. The van der Waals surface area contributed by atoms with Crippen molar-refractivity contribution in [3.63, 3.8) is 0 Å². The van der Waals surface area contributed by atoms with Gasteiger partial charge in [-0.05, 0) is 52.9 Å². The highest BCUT2D eigenvalue weighted by Gasteiger charge is 2.18. The molecular formula is C32H29N3O3. The van der Waals surface area contributed by atoms with Gasteiger partial charge in [0.25, 0.3) is 0 Å². The number of rotatable bonds is 8. The van der Waals surface area contributed by atoms with E-state index in [2.05, 4.69) is 52.4 Å². The maximum absolute atomic E-state index is 9.84. The minimum absolute atomic E-state index is 0.300. The molecule has 0 bridgehead atoms. The van der Waals surface area contributed by atoms with Crippen LogP contribution in [0.5, 0.6) is 11.5 Å². The molecular weight excluding hydrogens is 474 g/mol. The Morgan fingerprint density at radius 1 is 0.921 bits per heavy atom. The molecule has 1 atom stereocenters. The zero-order valence-electron chi connectivity index (χ0n) is 21.2. The molecule has 2 N–H and O–H groups in total. The highest BCUT2D eigenvalue weighted by atomic mass is 16.5. The Morgan fingerprint density at radius 3 is 2.55 bits per heavy atom. The Labute approximate surface area is 223 Å². The van der Waals surface area contributed by atoms with Crippen LogP contribution in [-0.4, -0.2) is 30.1 Å². The first-order valence-electron chi connectivity index (χ1n) is 12.6. The number of hydrogen-bond donors (Lipinski definition) is 2. The molecule has 0 spiro atoms. The smallest absolute Gasteiger partial charge is 0.187 e. The Kier molecular flexibility index (Phi) is 7.67. The molecule has 0 aromatic heterocycles. The van der Waals surface area contributed by atoms with Gasteiger partial charge < -0.3 is 19.9 Å². The number of nitrogens with zero attached hydrogens (tertiary/aromatic N) is 2. The SMILES string of the molecule is [C-]#[N+]c1cccc(COc2cc(OCc3cccc(-c4ccccc4)c3C)ccc2C2=NCC(O)CN2)c1. The van der Waals surface area contributed by atoms with Crippen molar-refractivity contribution in [2.75, 3.05) is 13.1 Å². The van der Waals surface area contributed by atoms with Gasteiger partial charge in [0, 0.05) is 12.6 Å². The summed E-state index contributed by atoms with van der Waals surface area (Å²) in [7, 11) is 0. The van der Waals surface area contributed by atoms with Gasteiger partial charge in [-0.15, -0.1) is 0 Å². The van der Waals surface area contributed by atoms with Crippen LogP contribution in [0.3, 0.4) is 0 Å². The standard InChI is InChI=1S/C32H29N3O3/c1-22-25(11-7-13-29(22)24-9-4-3-5-10-24)21-37-28-14-15-30(32-34-18-27(36)19-35-32)31(17-28)38-20-23-8-6-12-26(16-23)33-2/h3-17,27,36H,18-21H2,1H3,(H,34,35). The van der Waals surface area contributed by atoms with Gasteiger partial charge in [0.05, 0.1) is 24.8 Å². The second-order valence-corrected chi connectivity index (χ2v) is 9.20. The summed E-state index contributed by atoms with van der Waals surface area (Å²) in [4.78, 5) is 8.00. The highest BCUT2D eigenvalue weighted by Crippen LogP contribution is 2.30. The third kappa shape index (κ3) is 5.86. The van der Waals surface area contributed by atoms with Crippen LogP contribution in [0.15, 0.2) is 96.0 Å². The number of benzene rings is 4. The molecule has 6 heteroatoms. The van der Waals surface area contributed by atoms with Gasteiger partial charge in [-0.2, -0.15) is 0 Å². The Bertz CT molecular complexity index is 1490. The van der Waals surface area contributed by atoms with Crippen molar-refractivity contribution < 1.29 is 14.6 Å². The lowest BCUT2D eigenvalue weighted by molar-refractivity contribution is 0.181. The molecule has 4 aromatic carbocycles. The number of aliphatic imine (C=N–C) groups is 1. The van der Waals surface area contributed by atoms with Gasteiger partial charge >= 0.3 is 0 Å². The summed E-state index contributed by atoms with van der Waals surface area (Å²) in [5.74, 6) is 1.98. The molecule has 0 fully saturated rings. The van der Waals surface area contributed by atoms with Crippen molar-refractivity contribution in [3.05, 3.63) is 125 Å². The van der Waals surface area contributed by atoms with E-state index in [0.29, 0.717) is 49.3 Å². The predicted molar refractivity (Wildman–Crippen MR) is 150 cm³/mol. The molecule has 0 saturated carbocycles. The third-order valence-corrected chi connectivity index (χ3v) is 6.53. The molecule has 5 rings (SSSR count). The fraction of sp³-hybridized carbons (Fsp3) is 0.188. The van der Waals surface area contributed by atoms with E-state index < -0.39 is 6.10 Å². The van der Waals surface area contributed by atoms with Gasteiger partial charge in [-0.3, -0.25) is 4.99 Å². The van der Waals surface area contributed by atoms with Gasteiger partial charge in [0.2, 0.25) is 0 Å². The fourth-order valence-electron chi connectivity index (χ4n) is 4.43. The molecule has 1 unspecified atom stereocenters. The molecule has 6 nitrogen and oxygen atoms in total. The van der Waals surface area contributed by atoms with Crippen molar-refractivity contribution in [1.82, 2.24) is 5.32 Å². The van der Waals surface area contributed by atoms with Crippen LogP contribution in [-0.2, 0) is 13.2 Å². The predicted octanol–water partition coefficient (Wildman–Crippen LogP) is 6.08. The third-order valence-electron chi connectivity index (χ3n) is 6.53. The zero-order valence-corrected chi connectivity index (χ0v) is 21.2. The maximum Gasteiger partial charge on any atom is 0.187 e. The minimum Gasteiger partial charge on any atom is -0.489 e. The molecule has 1 aliphatic rings. The second-order valence-electron chi connectivity index (χ2n) is 9.20. The average Bonchev–Trinajstić information content (AvgIpc) is 2.96. The van der Waals surface area contributed by atoms with E-state index in [0.717, 1.165) is 16.7 Å². The molecule has 0 amide bonds. The molecule has 1 heterocycles. The van der Waals surface area contributed by atoms with Crippen molar-refractivity contribution in [2.45, 2.75) is 26.2 Å². The quantitative estimate of drug-likeness (QED) is 0.286. The van der Waals surface area contributed by atoms with Crippen molar-refractivity contribution >= 4 is 11.5 Å².